The van der Waals surface area contributed by atoms with Gasteiger partial charge in [0.25, 0.3) is 0 Å². The fourth-order valence-electron chi connectivity index (χ4n) is 5.72. The van der Waals surface area contributed by atoms with Gasteiger partial charge in [0.15, 0.2) is 18.5 Å². The Hall–Kier alpha value is -3.47. The van der Waals surface area contributed by atoms with Crippen LogP contribution in [0.2, 0.25) is 0 Å². The Morgan fingerprint density at radius 3 is 2.21 bits per heavy atom. The molecule has 0 aromatic heterocycles. The zero-order valence-corrected chi connectivity index (χ0v) is 24.6. The van der Waals surface area contributed by atoms with Gasteiger partial charge in [-0.3, -0.25) is 0 Å². The lowest BCUT2D eigenvalue weighted by Crippen LogP contribution is -2.62. The van der Waals surface area contributed by atoms with Crippen molar-refractivity contribution in [3.05, 3.63) is 82.2 Å². The summed E-state index contributed by atoms with van der Waals surface area (Å²) in [5, 5.41) is 3.96. The van der Waals surface area contributed by atoms with Crippen molar-refractivity contribution in [2.45, 2.75) is 89.7 Å². The Morgan fingerprint density at radius 2 is 1.60 bits per heavy atom. The number of carbonyl (C=O) groups is 2. The number of carbonyl (C=O) groups excluding carboxylic acids is 2. The van der Waals surface area contributed by atoms with E-state index >= 15 is 0 Å². The number of ether oxygens (including phenoxy) is 6. The van der Waals surface area contributed by atoms with Gasteiger partial charge in [-0.05, 0) is 42.5 Å². The summed E-state index contributed by atoms with van der Waals surface area (Å²) < 4.78 is 36.5. The lowest BCUT2D eigenvalue weighted by Gasteiger charge is -2.48. The van der Waals surface area contributed by atoms with Crippen LogP contribution >= 0.6 is 0 Å². The third-order valence-electron chi connectivity index (χ3n) is 8.01. The van der Waals surface area contributed by atoms with E-state index in [1.54, 1.807) is 37.3 Å². The maximum absolute atomic E-state index is 13.4. The minimum Gasteiger partial charge on any atom is -0.467 e. The van der Waals surface area contributed by atoms with Gasteiger partial charge in [-0.25, -0.2) is 9.59 Å². The van der Waals surface area contributed by atoms with Crippen molar-refractivity contribution in [2.24, 2.45) is 17.0 Å². The first kappa shape index (κ1) is 31.5. The van der Waals surface area contributed by atoms with Gasteiger partial charge in [-0.15, -0.1) is 0 Å². The molecule has 2 aliphatic rings. The predicted molar refractivity (Wildman–Crippen MR) is 152 cm³/mol. The van der Waals surface area contributed by atoms with Gasteiger partial charge in [0, 0.05) is 10.8 Å². The maximum atomic E-state index is 13.4. The number of hydrogen-bond acceptors (Lipinski definition) is 9. The van der Waals surface area contributed by atoms with E-state index in [0.717, 1.165) is 5.56 Å². The Balaban J connectivity index is 1.70. The van der Waals surface area contributed by atoms with Crippen molar-refractivity contribution in [1.29, 1.82) is 0 Å². The first-order chi connectivity index (χ1) is 20.3. The molecule has 2 aromatic carbocycles. The highest BCUT2D eigenvalue weighted by Gasteiger charge is 2.53. The minimum absolute atomic E-state index is 0.201. The zero-order valence-electron chi connectivity index (χ0n) is 24.6. The van der Waals surface area contributed by atoms with E-state index in [-0.39, 0.29) is 24.7 Å². The second kappa shape index (κ2) is 14.6. The molecule has 10 atom stereocenters. The monoisotopic (exact) mass is 581 g/mol. The summed E-state index contributed by atoms with van der Waals surface area (Å²) in [4.78, 5) is 29.3. The summed E-state index contributed by atoms with van der Waals surface area (Å²) in [6.45, 7) is 7.74. The van der Waals surface area contributed by atoms with Gasteiger partial charge in [-0.1, -0.05) is 74.4 Å². The fourth-order valence-corrected chi connectivity index (χ4v) is 5.72. The van der Waals surface area contributed by atoms with Crippen LogP contribution in [0.1, 0.15) is 50.0 Å². The van der Waals surface area contributed by atoms with E-state index in [2.05, 4.69) is 10.0 Å². The summed E-state index contributed by atoms with van der Waals surface area (Å²) in [7, 11) is 1.28. The van der Waals surface area contributed by atoms with E-state index in [1.807, 2.05) is 51.1 Å². The topological polar surface area (TPSA) is 138 Å². The van der Waals surface area contributed by atoms with Gasteiger partial charge < -0.3 is 28.4 Å². The molecule has 0 spiro atoms. The fraction of sp³-hybridized carbons (Fsp3) is 0.548. The Labute approximate surface area is 246 Å². The van der Waals surface area contributed by atoms with Gasteiger partial charge in [0.2, 0.25) is 0 Å². The molecule has 0 radical (unpaired) electrons. The number of methoxy groups -OCH3 is 1. The van der Waals surface area contributed by atoms with Gasteiger partial charge in [0.05, 0.1) is 43.6 Å². The molecule has 0 saturated carbocycles. The van der Waals surface area contributed by atoms with E-state index in [9.17, 15) is 15.1 Å². The summed E-state index contributed by atoms with van der Waals surface area (Å²) >= 11 is 0. The first-order valence-electron chi connectivity index (χ1n) is 14.3. The highest BCUT2D eigenvalue weighted by Crippen LogP contribution is 2.38. The maximum Gasteiger partial charge on any atom is 0.338 e. The predicted octanol–water partition coefficient (Wildman–Crippen LogP) is 5.23. The number of rotatable bonds is 10. The van der Waals surface area contributed by atoms with E-state index in [0.29, 0.717) is 12.0 Å². The van der Waals surface area contributed by atoms with Crippen LogP contribution in [0.3, 0.4) is 0 Å². The summed E-state index contributed by atoms with van der Waals surface area (Å²) in [5.74, 6) is -2.02. The molecule has 2 aromatic rings. The third kappa shape index (κ3) is 7.11. The van der Waals surface area contributed by atoms with Crippen molar-refractivity contribution in [2.75, 3.05) is 7.11 Å². The molecule has 2 heterocycles. The number of nitrogens with zero attached hydrogens (tertiary/aromatic N) is 3. The summed E-state index contributed by atoms with van der Waals surface area (Å²) in [6.07, 6.45) is -4.83. The average Bonchev–Trinajstić information content (AvgIpc) is 3.01. The van der Waals surface area contributed by atoms with Gasteiger partial charge in [-0.2, -0.15) is 0 Å². The molecule has 11 nitrogen and oxygen atoms in total. The van der Waals surface area contributed by atoms with Crippen molar-refractivity contribution in [3.8, 4) is 0 Å². The first-order valence-corrected chi connectivity index (χ1v) is 14.3. The van der Waals surface area contributed by atoms with Crippen LogP contribution in [0.5, 0.6) is 0 Å². The van der Waals surface area contributed by atoms with E-state index in [1.165, 1.54) is 7.11 Å². The molecular formula is C31H39N3O8. The van der Waals surface area contributed by atoms with Crippen LogP contribution < -0.4 is 0 Å². The molecular weight excluding hydrogens is 542 g/mol. The number of benzene rings is 2. The molecule has 2 aliphatic heterocycles. The van der Waals surface area contributed by atoms with Crippen LogP contribution in [0, 0.1) is 11.8 Å². The molecule has 42 heavy (non-hydrogen) atoms. The Bertz CT molecular complexity index is 1230. The second-order valence-corrected chi connectivity index (χ2v) is 10.7. The van der Waals surface area contributed by atoms with Crippen molar-refractivity contribution in [3.63, 3.8) is 0 Å². The quantitative estimate of drug-likeness (QED) is 0.161. The third-order valence-corrected chi connectivity index (χ3v) is 8.01. The number of hydrogen-bond donors (Lipinski definition) is 0. The zero-order chi connectivity index (χ0) is 30.2. The molecule has 0 aliphatic carbocycles. The second-order valence-electron chi connectivity index (χ2n) is 10.7. The standard InChI is InChI=1S/C31H39N3O8/c1-6-23-25(18(2)24(33-34-32)20(4)39-23)41-31-28(40-29(35)22-15-11-8-12-16-22)26(19(3)27(42-31)30(36)37-5)38-17-21-13-9-7-10-14-21/h7-16,18-20,23-28,31H,6,17H2,1-5H3/t18-,19-,20+,23?,24?,25-,26+,27?,28?,31-/m1/s1. The van der Waals surface area contributed by atoms with Crippen LogP contribution in [-0.2, 0) is 39.8 Å². The molecule has 0 amide bonds. The molecule has 4 unspecified atom stereocenters. The Kier molecular flexibility index (Phi) is 11.0. The molecule has 226 valence electrons. The molecule has 2 fully saturated rings. The van der Waals surface area contributed by atoms with Gasteiger partial charge >= 0.3 is 11.9 Å². The summed E-state index contributed by atoms with van der Waals surface area (Å²) in [5.41, 5.74) is 10.4. The SMILES string of the molecule is CCC1O[C@@H](C)C(N=[N+]=[N-])[C@@H](C)[C@H]1O[C@@H]1OC(C(=O)OC)[C@H](C)[C@H](OCc2ccccc2)C1OC(=O)c1ccccc1. The highest BCUT2D eigenvalue weighted by atomic mass is 16.7. The van der Waals surface area contributed by atoms with Crippen molar-refractivity contribution >= 4 is 11.9 Å². The largest absolute Gasteiger partial charge is 0.467 e. The smallest absolute Gasteiger partial charge is 0.338 e. The normalized spacial score (nSPS) is 32.8. The van der Waals surface area contributed by atoms with Crippen LogP contribution in [0.15, 0.2) is 65.8 Å². The molecule has 2 saturated heterocycles. The summed E-state index contributed by atoms with van der Waals surface area (Å²) in [6, 6.07) is 17.6. The van der Waals surface area contributed by atoms with Crippen LogP contribution in [0.4, 0.5) is 0 Å². The minimum atomic E-state index is -1.22. The average molecular weight is 582 g/mol. The Morgan fingerprint density at radius 1 is 0.929 bits per heavy atom. The van der Waals surface area contributed by atoms with Crippen molar-refractivity contribution < 1.29 is 38.0 Å². The van der Waals surface area contributed by atoms with E-state index < -0.39 is 54.6 Å². The van der Waals surface area contributed by atoms with Gasteiger partial charge in [0.1, 0.15) is 6.10 Å². The van der Waals surface area contributed by atoms with Crippen LogP contribution in [0.25, 0.3) is 10.4 Å². The van der Waals surface area contributed by atoms with Crippen LogP contribution in [-0.4, -0.2) is 68.0 Å². The molecule has 0 bridgehead atoms. The lowest BCUT2D eigenvalue weighted by atomic mass is 9.85. The highest BCUT2D eigenvalue weighted by molar-refractivity contribution is 5.89. The number of azide groups is 1. The molecule has 0 N–H and O–H groups in total. The molecule has 4 rings (SSSR count). The number of esters is 2. The van der Waals surface area contributed by atoms with Crippen molar-refractivity contribution in [1.82, 2.24) is 0 Å². The van der Waals surface area contributed by atoms with E-state index in [4.69, 9.17) is 28.4 Å². The lowest BCUT2D eigenvalue weighted by molar-refractivity contribution is -0.319. The molecule has 11 heteroatoms.